The molecule has 0 amide bonds. The predicted molar refractivity (Wildman–Crippen MR) is 25.3 cm³/mol. The van der Waals surface area contributed by atoms with Crippen LogP contribution in [0.25, 0.3) is 0 Å². The number of halogens is 1. The SMILES string of the molecule is CC(Br)=CO. The Morgan fingerprint density at radius 3 is 2.20 bits per heavy atom. The van der Waals surface area contributed by atoms with Crippen LogP contribution in [0.3, 0.4) is 0 Å². The van der Waals surface area contributed by atoms with Gasteiger partial charge in [-0.25, -0.2) is 0 Å². The van der Waals surface area contributed by atoms with Crippen LogP contribution in [0.1, 0.15) is 6.92 Å². The molecule has 30 valence electrons. The van der Waals surface area contributed by atoms with Gasteiger partial charge in [0.25, 0.3) is 0 Å². The average molecular weight is 137 g/mol. The molecule has 0 saturated heterocycles. The summed E-state index contributed by atoms with van der Waals surface area (Å²) in [7, 11) is 0. The van der Waals surface area contributed by atoms with Gasteiger partial charge in [-0.3, -0.25) is 0 Å². The summed E-state index contributed by atoms with van der Waals surface area (Å²) in [5.41, 5.74) is 0. The molecule has 1 nitrogen and oxygen atoms in total. The third kappa shape index (κ3) is 4.02. The highest BCUT2D eigenvalue weighted by molar-refractivity contribution is 9.11. The zero-order valence-corrected chi connectivity index (χ0v) is 4.49. The molecule has 0 spiro atoms. The lowest BCUT2D eigenvalue weighted by Gasteiger charge is -1.70. The maximum Gasteiger partial charge on any atom is 0.0889 e. The molecule has 0 unspecified atom stereocenters. The molecule has 0 aromatic heterocycles. The topological polar surface area (TPSA) is 20.2 Å². The van der Waals surface area contributed by atoms with Crippen molar-refractivity contribution in [1.29, 1.82) is 0 Å². The van der Waals surface area contributed by atoms with E-state index < -0.39 is 0 Å². The van der Waals surface area contributed by atoms with E-state index in [4.69, 9.17) is 5.11 Å². The summed E-state index contributed by atoms with van der Waals surface area (Å²) in [6, 6.07) is 0. The molecule has 5 heavy (non-hydrogen) atoms. The number of rotatable bonds is 0. The second-order valence-corrected chi connectivity index (χ2v) is 1.97. The summed E-state index contributed by atoms with van der Waals surface area (Å²) in [6.45, 7) is 1.75. The minimum absolute atomic E-state index is 0.748. The second-order valence-electron chi connectivity index (χ2n) is 0.716. The van der Waals surface area contributed by atoms with E-state index in [-0.39, 0.29) is 0 Å². The Kier molecular flexibility index (Phi) is 2.28. The fourth-order valence-corrected chi connectivity index (χ4v) is 0. The average Bonchev–Trinajstić information content (AvgIpc) is 1.38. The van der Waals surface area contributed by atoms with E-state index in [1.807, 2.05) is 0 Å². The minimum Gasteiger partial charge on any atom is -0.515 e. The van der Waals surface area contributed by atoms with Gasteiger partial charge in [0.1, 0.15) is 0 Å². The van der Waals surface area contributed by atoms with Crippen molar-refractivity contribution in [3.8, 4) is 0 Å². The second kappa shape index (κ2) is 2.27. The fourth-order valence-electron chi connectivity index (χ4n) is 0. The Balaban J connectivity index is 3.14. The van der Waals surface area contributed by atoms with Crippen LogP contribution in [0.15, 0.2) is 10.7 Å². The van der Waals surface area contributed by atoms with Gasteiger partial charge in [-0.1, -0.05) is 15.9 Å². The Morgan fingerprint density at radius 1 is 2.00 bits per heavy atom. The van der Waals surface area contributed by atoms with Gasteiger partial charge in [-0.05, 0) is 6.92 Å². The van der Waals surface area contributed by atoms with Crippen molar-refractivity contribution >= 4 is 15.9 Å². The van der Waals surface area contributed by atoms with E-state index in [9.17, 15) is 0 Å². The third-order valence-corrected chi connectivity index (χ3v) is 0.383. The van der Waals surface area contributed by atoms with Gasteiger partial charge < -0.3 is 5.11 Å². The first-order chi connectivity index (χ1) is 2.27. The third-order valence-electron chi connectivity index (χ3n) is 0.178. The molecule has 0 radical (unpaired) electrons. The molecule has 0 atom stereocenters. The maximum atomic E-state index is 7.93. The number of aliphatic hydroxyl groups excluding tert-OH is 1. The Morgan fingerprint density at radius 2 is 2.20 bits per heavy atom. The molecule has 0 aliphatic rings. The van der Waals surface area contributed by atoms with Gasteiger partial charge in [0.05, 0.1) is 6.26 Å². The van der Waals surface area contributed by atoms with Gasteiger partial charge in [-0.15, -0.1) is 0 Å². The number of hydrogen-bond donors (Lipinski definition) is 1. The number of aliphatic hydroxyl groups is 1. The maximum absolute atomic E-state index is 7.93. The van der Waals surface area contributed by atoms with Crippen LogP contribution in [0.5, 0.6) is 0 Å². The van der Waals surface area contributed by atoms with Gasteiger partial charge in [-0.2, -0.15) is 0 Å². The van der Waals surface area contributed by atoms with Crippen LogP contribution in [0.2, 0.25) is 0 Å². The zero-order valence-electron chi connectivity index (χ0n) is 2.90. The Hall–Kier alpha value is 0.0200. The van der Waals surface area contributed by atoms with Crippen LogP contribution >= 0.6 is 15.9 Å². The van der Waals surface area contributed by atoms with Crippen molar-refractivity contribution < 1.29 is 5.11 Å². The van der Waals surface area contributed by atoms with Crippen molar-refractivity contribution in [2.24, 2.45) is 0 Å². The quantitative estimate of drug-likeness (QED) is 0.504. The number of allylic oxidation sites excluding steroid dienone is 1. The summed E-state index contributed by atoms with van der Waals surface area (Å²) in [5.74, 6) is 0. The summed E-state index contributed by atoms with van der Waals surface area (Å²) >= 11 is 2.98. The number of hydrogen-bond acceptors (Lipinski definition) is 1. The van der Waals surface area contributed by atoms with Crippen molar-refractivity contribution in [2.45, 2.75) is 6.92 Å². The molecular formula is C3H5BrO. The first-order valence-corrected chi connectivity index (χ1v) is 2.03. The van der Waals surface area contributed by atoms with E-state index in [0.717, 1.165) is 10.7 Å². The molecule has 1 N–H and O–H groups in total. The van der Waals surface area contributed by atoms with E-state index in [1.54, 1.807) is 6.92 Å². The van der Waals surface area contributed by atoms with Gasteiger partial charge >= 0.3 is 0 Å². The molecule has 0 fully saturated rings. The van der Waals surface area contributed by atoms with Crippen molar-refractivity contribution in [3.05, 3.63) is 10.7 Å². The molecule has 0 bridgehead atoms. The van der Waals surface area contributed by atoms with Crippen molar-refractivity contribution in [3.63, 3.8) is 0 Å². The summed E-state index contributed by atoms with van der Waals surface area (Å²) in [5, 5.41) is 7.93. The Bertz CT molecular complexity index is 44.9. The lowest BCUT2D eigenvalue weighted by molar-refractivity contribution is 0.471. The first kappa shape index (κ1) is 5.02. The smallest absolute Gasteiger partial charge is 0.0889 e. The van der Waals surface area contributed by atoms with Crippen LogP contribution < -0.4 is 0 Å². The minimum atomic E-state index is 0.748. The molecule has 0 saturated carbocycles. The molecule has 0 aromatic rings. The highest BCUT2D eigenvalue weighted by Gasteiger charge is 1.66. The predicted octanol–water partition coefficient (Wildman–Crippen LogP) is 1.80. The zero-order chi connectivity index (χ0) is 4.28. The van der Waals surface area contributed by atoms with E-state index >= 15 is 0 Å². The molecule has 0 aliphatic carbocycles. The van der Waals surface area contributed by atoms with Gasteiger partial charge in [0.15, 0.2) is 0 Å². The van der Waals surface area contributed by atoms with Gasteiger partial charge in [0, 0.05) is 4.48 Å². The van der Waals surface area contributed by atoms with Crippen LogP contribution in [-0.4, -0.2) is 5.11 Å². The van der Waals surface area contributed by atoms with Crippen LogP contribution in [0, 0.1) is 0 Å². The van der Waals surface area contributed by atoms with E-state index in [0.29, 0.717) is 0 Å². The molecule has 0 heterocycles. The molecule has 0 aromatic carbocycles. The lowest BCUT2D eigenvalue weighted by Crippen LogP contribution is -1.49. The van der Waals surface area contributed by atoms with E-state index in [2.05, 4.69) is 15.9 Å². The van der Waals surface area contributed by atoms with Crippen LogP contribution in [-0.2, 0) is 0 Å². The summed E-state index contributed by atoms with van der Waals surface area (Å²) < 4.78 is 0.748. The first-order valence-electron chi connectivity index (χ1n) is 1.24. The standard InChI is InChI=1S/C3H5BrO/c1-3(4)2-5/h2,5H,1H3. The molecular weight excluding hydrogens is 132 g/mol. The normalized spacial score (nSPS) is 12.0. The Labute approximate surface area is 39.4 Å². The molecule has 2 heteroatoms. The largest absolute Gasteiger partial charge is 0.515 e. The lowest BCUT2D eigenvalue weighted by atomic mass is 10.7. The highest BCUT2D eigenvalue weighted by atomic mass is 79.9. The van der Waals surface area contributed by atoms with Crippen LogP contribution in [0.4, 0.5) is 0 Å². The molecule has 0 rings (SSSR count). The molecule has 0 aliphatic heterocycles. The monoisotopic (exact) mass is 136 g/mol. The summed E-state index contributed by atoms with van der Waals surface area (Å²) in [6.07, 6.45) is 1.00. The van der Waals surface area contributed by atoms with Gasteiger partial charge in [0.2, 0.25) is 0 Å². The highest BCUT2D eigenvalue weighted by Crippen LogP contribution is 1.97. The fraction of sp³-hybridized carbons (Fsp3) is 0.333. The summed E-state index contributed by atoms with van der Waals surface area (Å²) in [4.78, 5) is 0. The van der Waals surface area contributed by atoms with Crippen molar-refractivity contribution in [2.75, 3.05) is 0 Å². The van der Waals surface area contributed by atoms with Crippen molar-refractivity contribution in [1.82, 2.24) is 0 Å². The van der Waals surface area contributed by atoms with E-state index in [1.165, 1.54) is 0 Å².